The molecule has 1 atom stereocenters. The summed E-state index contributed by atoms with van der Waals surface area (Å²) in [7, 11) is 0. The molecule has 0 heterocycles. The summed E-state index contributed by atoms with van der Waals surface area (Å²) in [5, 5.41) is 11.1. The molecule has 0 aliphatic heterocycles. The summed E-state index contributed by atoms with van der Waals surface area (Å²) >= 11 is 0. The first-order valence-electron chi connectivity index (χ1n) is 4.62. The number of primary amides is 1. The van der Waals surface area contributed by atoms with E-state index >= 15 is 0 Å². The van der Waals surface area contributed by atoms with Gasteiger partial charge in [-0.2, -0.15) is 0 Å². The summed E-state index contributed by atoms with van der Waals surface area (Å²) in [6.07, 6.45) is -1.55. The fourth-order valence-corrected chi connectivity index (χ4v) is 1.06. The quantitative estimate of drug-likeness (QED) is 0.669. The first-order valence-corrected chi connectivity index (χ1v) is 4.62. The predicted molar refractivity (Wildman–Crippen MR) is 53.9 cm³/mol. The van der Waals surface area contributed by atoms with Crippen LogP contribution in [0, 0.1) is 11.6 Å². The van der Waals surface area contributed by atoms with Crippen molar-refractivity contribution in [1.29, 1.82) is 0 Å². The Bertz CT molecular complexity index is 451. The Balaban J connectivity index is 2.67. The lowest BCUT2D eigenvalue weighted by atomic mass is 10.2. The van der Waals surface area contributed by atoms with Crippen molar-refractivity contribution in [3.63, 3.8) is 0 Å². The SMILES string of the molecule is NC(=O)C(O)CNC(=O)c1ccc(F)cc1F. The van der Waals surface area contributed by atoms with E-state index in [9.17, 15) is 18.4 Å². The number of nitrogens with two attached hydrogens (primary N) is 1. The molecule has 0 radical (unpaired) electrons. The fourth-order valence-electron chi connectivity index (χ4n) is 1.06. The van der Waals surface area contributed by atoms with Crippen molar-refractivity contribution in [3.8, 4) is 0 Å². The van der Waals surface area contributed by atoms with Crippen molar-refractivity contribution >= 4 is 11.8 Å². The number of hydrogen-bond acceptors (Lipinski definition) is 3. The molecule has 0 saturated carbocycles. The molecule has 1 aromatic carbocycles. The Morgan fingerprint density at radius 2 is 2.06 bits per heavy atom. The number of amides is 2. The summed E-state index contributed by atoms with van der Waals surface area (Å²) in [4.78, 5) is 21.8. The van der Waals surface area contributed by atoms with Crippen LogP contribution in [-0.2, 0) is 4.79 Å². The van der Waals surface area contributed by atoms with Gasteiger partial charge in [0.25, 0.3) is 5.91 Å². The number of carbonyl (C=O) groups excluding carboxylic acids is 2. The molecular formula is C10H10F2N2O3. The van der Waals surface area contributed by atoms with Crippen LogP contribution in [0.2, 0.25) is 0 Å². The zero-order valence-corrected chi connectivity index (χ0v) is 8.61. The number of hydrogen-bond donors (Lipinski definition) is 3. The van der Waals surface area contributed by atoms with E-state index < -0.39 is 36.1 Å². The molecule has 0 spiro atoms. The van der Waals surface area contributed by atoms with Gasteiger partial charge >= 0.3 is 0 Å². The van der Waals surface area contributed by atoms with Gasteiger partial charge in [0.05, 0.1) is 12.1 Å². The standard InChI is InChI=1S/C10H10F2N2O3/c11-5-1-2-6(7(12)3-5)10(17)14-4-8(15)9(13)16/h1-3,8,15H,4H2,(H2,13,16)(H,14,17). The van der Waals surface area contributed by atoms with E-state index in [2.05, 4.69) is 5.32 Å². The number of nitrogens with one attached hydrogen (secondary N) is 1. The average Bonchev–Trinajstić information content (AvgIpc) is 2.25. The number of aliphatic hydroxyl groups excluding tert-OH is 1. The molecule has 0 saturated heterocycles. The van der Waals surface area contributed by atoms with Gasteiger partial charge < -0.3 is 16.2 Å². The van der Waals surface area contributed by atoms with Gasteiger partial charge in [-0.05, 0) is 12.1 Å². The Morgan fingerprint density at radius 1 is 1.41 bits per heavy atom. The van der Waals surface area contributed by atoms with Crippen LogP contribution in [0.4, 0.5) is 8.78 Å². The lowest BCUT2D eigenvalue weighted by molar-refractivity contribution is -0.125. The van der Waals surface area contributed by atoms with Gasteiger partial charge in [0.2, 0.25) is 5.91 Å². The van der Waals surface area contributed by atoms with Crippen molar-refractivity contribution in [1.82, 2.24) is 5.32 Å². The third kappa shape index (κ3) is 3.49. The van der Waals surface area contributed by atoms with Crippen molar-refractivity contribution < 1.29 is 23.5 Å². The molecule has 5 nitrogen and oxygen atoms in total. The summed E-state index contributed by atoms with van der Waals surface area (Å²) in [5.74, 6) is -3.72. The second-order valence-electron chi connectivity index (χ2n) is 3.25. The molecule has 1 aromatic rings. The summed E-state index contributed by atoms with van der Waals surface area (Å²) in [5.41, 5.74) is 4.36. The van der Waals surface area contributed by atoms with Gasteiger partial charge in [-0.25, -0.2) is 8.78 Å². The highest BCUT2D eigenvalue weighted by molar-refractivity contribution is 5.94. The van der Waals surface area contributed by atoms with Gasteiger partial charge in [0.15, 0.2) is 0 Å². The van der Waals surface area contributed by atoms with Crippen molar-refractivity contribution in [2.45, 2.75) is 6.10 Å². The van der Waals surface area contributed by atoms with Crippen LogP contribution >= 0.6 is 0 Å². The minimum atomic E-state index is -1.55. The molecule has 2 amide bonds. The van der Waals surface area contributed by atoms with Crippen LogP contribution in [0.25, 0.3) is 0 Å². The number of aliphatic hydroxyl groups is 1. The van der Waals surface area contributed by atoms with Crippen LogP contribution in [0.5, 0.6) is 0 Å². The van der Waals surface area contributed by atoms with Gasteiger partial charge in [0.1, 0.15) is 17.7 Å². The zero-order valence-electron chi connectivity index (χ0n) is 8.61. The minimum Gasteiger partial charge on any atom is -0.381 e. The molecule has 0 aliphatic carbocycles. The van der Waals surface area contributed by atoms with E-state index in [-0.39, 0.29) is 5.56 Å². The highest BCUT2D eigenvalue weighted by Gasteiger charge is 2.15. The normalized spacial score (nSPS) is 11.9. The van der Waals surface area contributed by atoms with Crippen LogP contribution in [0.15, 0.2) is 18.2 Å². The lowest BCUT2D eigenvalue weighted by Gasteiger charge is -2.08. The second-order valence-corrected chi connectivity index (χ2v) is 3.25. The van der Waals surface area contributed by atoms with E-state index in [1.54, 1.807) is 0 Å². The van der Waals surface area contributed by atoms with E-state index in [0.29, 0.717) is 6.07 Å². The molecule has 17 heavy (non-hydrogen) atoms. The number of halogens is 2. The number of benzene rings is 1. The maximum absolute atomic E-state index is 13.1. The third-order valence-corrected chi connectivity index (χ3v) is 1.96. The largest absolute Gasteiger partial charge is 0.381 e. The monoisotopic (exact) mass is 244 g/mol. The van der Waals surface area contributed by atoms with Crippen LogP contribution in [0.3, 0.4) is 0 Å². The predicted octanol–water partition coefficient (Wildman–Crippen LogP) is -0.459. The maximum atomic E-state index is 13.1. The zero-order chi connectivity index (χ0) is 13.0. The van der Waals surface area contributed by atoms with Gasteiger partial charge in [-0.15, -0.1) is 0 Å². The Hall–Kier alpha value is -2.02. The van der Waals surface area contributed by atoms with E-state index in [0.717, 1.165) is 12.1 Å². The van der Waals surface area contributed by atoms with Gasteiger partial charge in [-0.1, -0.05) is 0 Å². The highest BCUT2D eigenvalue weighted by Crippen LogP contribution is 2.09. The highest BCUT2D eigenvalue weighted by atomic mass is 19.1. The first kappa shape index (κ1) is 13.0. The molecule has 0 aromatic heterocycles. The molecule has 7 heteroatoms. The Morgan fingerprint density at radius 3 is 2.59 bits per heavy atom. The van der Waals surface area contributed by atoms with Crippen molar-refractivity contribution in [3.05, 3.63) is 35.4 Å². The van der Waals surface area contributed by atoms with Crippen LogP contribution < -0.4 is 11.1 Å². The molecule has 4 N–H and O–H groups in total. The smallest absolute Gasteiger partial charge is 0.254 e. The molecular weight excluding hydrogens is 234 g/mol. The Labute approximate surface area is 95.2 Å². The minimum absolute atomic E-state index is 0.386. The molecule has 0 fully saturated rings. The summed E-state index contributed by atoms with van der Waals surface area (Å²) in [6.45, 7) is -0.440. The van der Waals surface area contributed by atoms with Crippen molar-refractivity contribution in [2.75, 3.05) is 6.54 Å². The molecule has 1 rings (SSSR count). The van der Waals surface area contributed by atoms with E-state index in [1.807, 2.05) is 0 Å². The average molecular weight is 244 g/mol. The van der Waals surface area contributed by atoms with Crippen LogP contribution in [-0.4, -0.2) is 29.6 Å². The van der Waals surface area contributed by atoms with Gasteiger partial charge in [-0.3, -0.25) is 9.59 Å². The molecule has 92 valence electrons. The number of carbonyl (C=O) groups is 2. The van der Waals surface area contributed by atoms with Gasteiger partial charge in [0, 0.05) is 6.07 Å². The topological polar surface area (TPSA) is 92.4 Å². The number of rotatable bonds is 4. The molecule has 0 bridgehead atoms. The summed E-state index contributed by atoms with van der Waals surface area (Å²) in [6, 6.07) is 2.43. The first-order chi connectivity index (χ1) is 7.91. The lowest BCUT2D eigenvalue weighted by Crippen LogP contribution is -2.40. The molecule has 1 unspecified atom stereocenters. The second kappa shape index (κ2) is 5.35. The molecule has 0 aliphatic rings. The fraction of sp³-hybridized carbons (Fsp3) is 0.200. The van der Waals surface area contributed by atoms with Crippen molar-refractivity contribution in [2.24, 2.45) is 5.73 Å². The third-order valence-electron chi connectivity index (χ3n) is 1.96. The summed E-state index contributed by atoms with van der Waals surface area (Å²) < 4.78 is 25.7. The van der Waals surface area contributed by atoms with E-state index in [1.165, 1.54) is 0 Å². The maximum Gasteiger partial charge on any atom is 0.254 e. The van der Waals surface area contributed by atoms with E-state index in [4.69, 9.17) is 10.8 Å². The Kier molecular flexibility index (Phi) is 4.11. The van der Waals surface area contributed by atoms with Crippen LogP contribution in [0.1, 0.15) is 10.4 Å².